The second kappa shape index (κ2) is 18.9. The fraction of sp³-hybridized carbons (Fsp3) is 0.0161. The van der Waals surface area contributed by atoms with Gasteiger partial charge in [-0.05, 0) is 88.0 Å². The van der Waals surface area contributed by atoms with Gasteiger partial charge in [0.2, 0.25) is 0 Å². The van der Waals surface area contributed by atoms with E-state index in [1.807, 2.05) is 72.8 Å². The predicted molar refractivity (Wildman–Crippen MR) is 317 cm³/mol. The van der Waals surface area contributed by atoms with Gasteiger partial charge in [0.1, 0.15) is 5.60 Å². The zero-order chi connectivity index (χ0) is 48.5. The summed E-state index contributed by atoms with van der Waals surface area (Å²) < 4.78 is 9.90. The van der Waals surface area contributed by atoms with Crippen LogP contribution in [-0.2, 0) is 5.60 Å². The van der Waals surface area contributed by atoms with Crippen LogP contribution in [0, 0.1) is 0 Å². The van der Waals surface area contributed by atoms with Crippen molar-refractivity contribution in [3.05, 3.63) is 256 Å². The normalized spacial score (nSPS) is 14.1. The summed E-state index contributed by atoms with van der Waals surface area (Å²) in [5, 5.41) is 17.7. The largest absolute Gasteiger partial charge is 0.376 e. The molecule has 71 heavy (non-hydrogen) atoms. The molecule has 0 saturated carbocycles. The highest BCUT2D eigenvalue weighted by molar-refractivity contribution is 9.11. The molecule has 0 aliphatic heterocycles. The smallest absolute Gasteiger partial charge is 0.194 e. The highest BCUT2D eigenvalue weighted by atomic mass is 79.9. The monoisotopic (exact) mass is 1270 g/mol. The molecule has 1 N–H and O–H groups in total. The molecule has 0 saturated heterocycles. The van der Waals surface area contributed by atoms with E-state index in [4.69, 9.17) is 0 Å². The Balaban J connectivity index is 0.000000123. The number of halogens is 5. The maximum absolute atomic E-state index is 12.9. The quantitative estimate of drug-likeness (QED) is 0.191. The number of aliphatic hydroxyl groups is 1. The van der Waals surface area contributed by atoms with Gasteiger partial charge < -0.3 is 5.11 Å². The molecule has 0 bridgehead atoms. The van der Waals surface area contributed by atoms with Crippen LogP contribution in [0.2, 0.25) is 0 Å². The number of carbonyl (C=O) groups excluding carboxylic acids is 1. The molecule has 1 unspecified atom stereocenters. The van der Waals surface area contributed by atoms with Crippen molar-refractivity contribution >= 4 is 148 Å². The Morgan fingerprint density at radius 3 is 1.52 bits per heavy atom. The van der Waals surface area contributed by atoms with Crippen molar-refractivity contribution in [3.63, 3.8) is 0 Å². The molecule has 9 heteroatoms. The highest BCUT2D eigenvalue weighted by Gasteiger charge is 2.46. The van der Waals surface area contributed by atoms with Gasteiger partial charge in [-0.25, -0.2) is 0 Å². The Kier molecular flexibility index (Phi) is 12.5. The van der Waals surface area contributed by atoms with E-state index < -0.39 is 5.60 Å². The van der Waals surface area contributed by atoms with Crippen LogP contribution in [0.4, 0.5) is 0 Å². The Hall–Kier alpha value is -5.33. The Bertz CT molecular complexity index is 4110. The van der Waals surface area contributed by atoms with E-state index in [-0.39, 0.29) is 5.78 Å². The van der Waals surface area contributed by atoms with Crippen molar-refractivity contribution in [3.8, 4) is 44.5 Å². The first-order valence-electron chi connectivity index (χ1n) is 22.7. The van der Waals surface area contributed by atoms with E-state index in [0.29, 0.717) is 0 Å². The average molecular weight is 1280 g/mol. The third-order valence-corrected chi connectivity index (χ3v) is 18.6. The molecule has 12 aromatic rings. The first kappa shape index (κ1) is 46.7. The Labute approximate surface area is 460 Å². The molecule has 2 aliphatic carbocycles. The lowest BCUT2D eigenvalue weighted by Crippen LogP contribution is -2.27. The third kappa shape index (κ3) is 7.96. The predicted octanol–water partition coefficient (Wildman–Crippen LogP) is 20.4. The van der Waals surface area contributed by atoms with Crippen molar-refractivity contribution in [2.24, 2.45) is 0 Å². The Morgan fingerprint density at radius 1 is 0.366 bits per heavy atom. The summed E-state index contributed by atoms with van der Waals surface area (Å²) >= 11 is 21.8. The van der Waals surface area contributed by atoms with Crippen molar-refractivity contribution in [1.29, 1.82) is 0 Å². The molecule has 14 rings (SSSR count). The maximum Gasteiger partial charge on any atom is 0.194 e. The summed E-state index contributed by atoms with van der Waals surface area (Å²) in [6.45, 7) is 0. The van der Waals surface area contributed by atoms with E-state index in [1.54, 1.807) is 22.7 Å². The molecule has 2 aromatic heterocycles. The van der Waals surface area contributed by atoms with Gasteiger partial charge in [-0.2, -0.15) is 0 Å². The summed E-state index contributed by atoms with van der Waals surface area (Å²) in [5.74, 6) is 0.108. The minimum Gasteiger partial charge on any atom is -0.376 e. The number of fused-ring (bicyclic) bond motifs is 14. The van der Waals surface area contributed by atoms with Gasteiger partial charge in [0.25, 0.3) is 0 Å². The Morgan fingerprint density at radius 2 is 0.873 bits per heavy atom. The van der Waals surface area contributed by atoms with Crippen LogP contribution >= 0.6 is 102 Å². The molecular weight excluding hydrogens is 1240 g/mol. The van der Waals surface area contributed by atoms with E-state index in [1.165, 1.54) is 51.5 Å². The number of hydrogen-bond acceptors (Lipinski definition) is 4. The van der Waals surface area contributed by atoms with Crippen LogP contribution in [-0.4, -0.2) is 10.9 Å². The summed E-state index contributed by atoms with van der Waals surface area (Å²) in [4.78, 5) is 12.8. The number of ketones is 1. The lowest BCUT2D eigenvalue weighted by atomic mass is 9.80. The lowest BCUT2D eigenvalue weighted by Gasteiger charge is -2.29. The van der Waals surface area contributed by atoms with Crippen molar-refractivity contribution in [2.45, 2.75) is 5.60 Å². The SMILES string of the molecule is Brc1ccccc1-c1ccccc1.O=C1c2cc(Br)ccc2-c2c1cc(Br)c1c2sc2ccccc21.OC1(c2ccccc2-c2ccccc2)c2cc(Br)ccc2-c2c1cc(Br)c1c2sc2ccccc21. The van der Waals surface area contributed by atoms with E-state index in [9.17, 15) is 9.90 Å². The third-order valence-electron chi connectivity index (χ3n) is 13.3. The first-order chi connectivity index (χ1) is 34.6. The molecule has 10 aromatic carbocycles. The molecule has 0 spiro atoms. The summed E-state index contributed by atoms with van der Waals surface area (Å²) in [5.41, 5.74) is 11.9. The summed E-state index contributed by atoms with van der Waals surface area (Å²) in [7, 11) is 0. The molecule has 0 amide bonds. The second-order valence-electron chi connectivity index (χ2n) is 17.3. The summed E-state index contributed by atoms with van der Waals surface area (Å²) in [6, 6.07) is 70.4. The fourth-order valence-corrected chi connectivity index (χ4v) is 15.6. The van der Waals surface area contributed by atoms with Gasteiger partial charge in [-0.15, -0.1) is 22.7 Å². The standard InChI is InChI=1S/C31H18Br2OS.C19H8Br2OS.C12H9Br/c32-19-14-15-21-24(16-19)31(34,23-12-6-4-10-20(23)18-8-2-1-3-9-18)25-17-26(33)29-22-11-5-7-13-27(22)35-30(29)28(21)25;20-9-5-6-10-12(7-9)18(22)13-8-14(21)17-11-3-1-2-4-15(11)23-19(17)16(10)13;13-12-9-5-4-8-11(12)10-6-2-1-3-7-10/h1-17,34H;1-8H;1-9H. The average Bonchev–Trinajstić information content (AvgIpc) is 4.13. The van der Waals surface area contributed by atoms with Crippen LogP contribution in [0.15, 0.2) is 229 Å². The number of hydrogen-bond donors (Lipinski definition) is 1. The molecular formula is C62H35Br5O2S2. The molecule has 2 nitrogen and oxygen atoms in total. The van der Waals surface area contributed by atoms with Gasteiger partial charge in [-0.1, -0.05) is 231 Å². The molecule has 2 heterocycles. The maximum atomic E-state index is 12.9. The van der Waals surface area contributed by atoms with Crippen LogP contribution in [0.3, 0.4) is 0 Å². The molecule has 342 valence electrons. The molecule has 0 fully saturated rings. The summed E-state index contributed by atoms with van der Waals surface area (Å²) in [6.07, 6.45) is 0. The fourth-order valence-electron chi connectivity index (χ4n) is 10.2. The minimum atomic E-state index is -1.30. The van der Waals surface area contributed by atoms with Crippen LogP contribution in [0.5, 0.6) is 0 Å². The van der Waals surface area contributed by atoms with Crippen LogP contribution in [0.25, 0.3) is 84.9 Å². The molecule has 1 atom stereocenters. The number of carbonyl (C=O) groups is 1. The van der Waals surface area contributed by atoms with Gasteiger partial charge in [0.15, 0.2) is 5.78 Å². The van der Waals surface area contributed by atoms with Gasteiger partial charge in [0, 0.05) is 102 Å². The first-order valence-corrected chi connectivity index (χ1v) is 28.3. The minimum absolute atomic E-state index is 0.108. The van der Waals surface area contributed by atoms with Gasteiger partial charge in [-0.3, -0.25) is 4.79 Å². The van der Waals surface area contributed by atoms with E-state index in [0.717, 1.165) is 83.6 Å². The van der Waals surface area contributed by atoms with Gasteiger partial charge >= 0.3 is 0 Å². The van der Waals surface area contributed by atoms with Crippen molar-refractivity contribution in [2.75, 3.05) is 0 Å². The zero-order valence-corrected chi connectivity index (χ0v) is 46.8. The van der Waals surface area contributed by atoms with E-state index >= 15 is 0 Å². The molecule has 2 aliphatic rings. The number of thiophene rings is 2. The topological polar surface area (TPSA) is 37.3 Å². The highest BCUT2D eigenvalue weighted by Crippen LogP contribution is 2.58. The number of rotatable bonds is 3. The van der Waals surface area contributed by atoms with Crippen LogP contribution < -0.4 is 0 Å². The number of benzene rings is 10. The zero-order valence-electron chi connectivity index (χ0n) is 37.2. The van der Waals surface area contributed by atoms with Crippen molar-refractivity contribution < 1.29 is 9.90 Å². The lowest BCUT2D eigenvalue weighted by molar-refractivity contribution is 0.104. The second-order valence-corrected chi connectivity index (χ2v) is 23.8. The van der Waals surface area contributed by atoms with Crippen LogP contribution in [0.1, 0.15) is 32.6 Å². The van der Waals surface area contributed by atoms with Gasteiger partial charge in [0.05, 0.1) is 0 Å². The van der Waals surface area contributed by atoms with E-state index in [2.05, 4.69) is 213 Å². The van der Waals surface area contributed by atoms with Crippen molar-refractivity contribution in [1.82, 2.24) is 0 Å². The molecule has 0 radical (unpaired) electrons.